The first-order valence-corrected chi connectivity index (χ1v) is 10.2. The van der Waals surface area contributed by atoms with Gasteiger partial charge in [-0.05, 0) is 38.1 Å². The number of carbonyl (C=O) groups is 1. The van der Waals surface area contributed by atoms with Crippen molar-refractivity contribution >= 4 is 27.0 Å². The van der Waals surface area contributed by atoms with E-state index >= 15 is 0 Å². The molecule has 0 radical (unpaired) electrons. The molecule has 1 aromatic carbocycles. The van der Waals surface area contributed by atoms with Crippen LogP contribution in [0.25, 0.3) is 10.9 Å². The second-order valence-electron chi connectivity index (χ2n) is 7.07. The van der Waals surface area contributed by atoms with Crippen LogP contribution in [0.15, 0.2) is 30.5 Å². The van der Waals surface area contributed by atoms with Crippen molar-refractivity contribution < 1.29 is 13.2 Å². The first-order valence-electron chi connectivity index (χ1n) is 8.79. The summed E-state index contributed by atoms with van der Waals surface area (Å²) in [6.07, 6.45) is 2.04. The van der Waals surface area contributed by atoms with Gasteiger partial charge in [0, 0.05) is 69.0 Å². The van der Waals surface area contributed by atoms with E-state index in [2.05, 4.69) is 18.4 Å². The lowest BCUT2D eigenvalue weighted by Gasteiger charge is -2.35. The smallest absolute Gasteiger partial charge is 0.281 e. The highest BCUT2D eigenvalue weighted by molar-refractivity contribution is 7.86. The van der Waals surface area contributed by atoms with Crippen molar-refractivity contribution in [2.45, 2.75) is 19.9 Å². The molecule has 8 heteroatoms. The van der Waals surface area contributed by atoms with Crippen molar-refractivity contribution in [2.75, 3.05) is 40.3 Å². The van der Waals surface area contributed by atoms with E-state index in [9.17, 15) is 13.2 Å². The molecule has 0 N–H and O–H groups in total. The average Bonchev–Trinajstić information content (AvgIpc) is 3.04. The van der Waals surface area contributed by atoms with E-state index < -0.39 is 10.2 Å². The molecule has 1 saturated heterocycles. The van der Waals surface area contributed by atoms with Crippen LogP contribution in [-0.4, -0.2) is 72.7 Å². The van der Waals surface area contributed by atoms with Crippen LogP contribution in [0.4, 0.5) is 0 Å². The number of hydrogen-bond donors (Lipinski definition) is 0. The molecule has 0 bridgehead atoms. The molecule has 7 nitrogen and oxygen atoms in total. The fraction of sp³-hybridized carbons (Fsp3) is 0.500. The Morgan fingerprint density at radius 2 is 1.73 bits per heavy atom. The van der Waals surface area contributed by atoms with Gasteiger partial charge in [0.15, 0.2) is 0 Å². The Kier molecular flexibility index (Phi) is 5.09. The van der Waals surface area contributed by atoms with E-state index in [1.165, 1.54) is 22.7 Å². The molecule has 3 rings (SSSR count). The molecule has 1 amide bonds. The summed E-state index contributed by atoms with van der Waals surface area (Å²) in [6.45, 7) is 5.68. The fourth-order valence-electron chi connectivity index (χ4n) is 3.28. The molecule has 2 aromatic rings. The molecule has 1 aliphatic heterocycles. The molecule has 1 fully saturated rings. The van der Waals surface area contributed by atoms with Crippen molar-refractivity contribution in [3.63, 3.8) is 0 Å². The zero-order chi connectivity index (χ0) is 19.1. The van der Waals surface area contributed by atoms with Gasteiger partial charge in [-0.25, -0.2) is 0 Å². The number of piperazine rings is 1. The third-order valence-corrected chi connectivity index (χ3v) is 6.78. The van der Waals surface area contributed by atoms with Gasteiger partial charge in [0.2, 0.25) is 0 Å². The van der Waals surface area contributed by atoms with Gasteiger partial charge in [0.1, 0.15) is 0 Å². The number of amides is 1. The third kappa shape index (κ3) is 3.36. The van der Waals surface area contributed by atoms with Crippen LogP contribution in [0.3, 0.4) is 0 Å². The van der Waals surface area contributed by atoms with E-state index in [-0.39, 0.29) is 5.91 Å². The molecule has 142 valence electrons. The third-order valence-electron chi connectivity index (χ3n) is 4.84. The summed E-state index contributed by atoms with van der Waals surface area (Å²) in [5, 5.41) is 1.04. The fourth-order valence-corrected chi connectivity index (χ4v) is 4.37. The Morgan fingerprint density at radius 3 is 2.31 bits per heavy atom. The largest absolute Gasteiger partial charge is 0.345 e. The van der Waals surface area contributed by atoms with Crippen molar-refractivity contribution in [1.29, 1.82) is 0 Å². The molecular formula is C18H26N4O3S. The predicted molar refractivity (Wildman–Crippen MR) is 102 cm³/mol. The average molecular weight is 378 g/mol. The maximum absolute atomic E-state index is 12.8. The van der Waals surface area contributed by atoms with Crippen molar-refractivity contribution in [1.82, 2.24) is 18.1 Å². The number of aromatic nitrogens is 1. The number of carbonyl (C=O) groups excluding carboxylic acids is 1. The summed E-state index contributed by atoms with van der Waals surface area (Å²) in [4.78, 5) is 14.5. The lowest BCUT2D eigenvalue weighted by atomic mass is 10.1. The van der Waals surface area contributed by atoms with Crippen LogP contribution >= 0.6 is 0 Å². The van der Waals surface area contributed by atoms with Gasteiger partial charge < -0.3 is 9.47 Å². The lowest BCUT2D eigenvalue weighted by molar-refractivity contribution is 0.0695. The number of benzene rings is 1. The van der Waals surface area contributed by atoms with Crippen LogP contribution in [-0.2, 0) is 10.2 Å². The maximum Gasteiger partial charge on any atom is 0.281 e. The summed E-state index contributed by atoms with van der Waals surface area (Å²) in [5.41, 5.74) is 1.75. The summed E-state index contributed by atoms with van der Waals surface area (Å²) in [7, 11) is -0.384. The molecule has 2 heterocycles. The Labute approximate surface area is 155 Å². The quantitative estimate of drug-likeness (QED) is 0.815. The standard InChI is InChI=1S/C18H26N4O3S/c1-14(2)22-8-7-15-13-16(5-6-17(15)22)18(23)20-9-11-21(12-10-20)26(24,25)19(3)4/h5-8,13-14H,9-12H2,1-4H3. The summed E-state index contributed by atoms with van der Waals surface area (Å²) in [5.74, 6) is -0.0499. The SMILES string of the molecule is CC(C)n1ccc2cc(C(=O)N3CCN(S(=O)(=O)N(C)C)CC3)ccc21. The first-order chi connectivity index (χ1) is 12.2. The second kappa shape index (κ2) is 7.02. The first kappa shape index (κ1) is 18.9. The minimum atomic E-state index is -3.42. The molecule has 1 aliphatic rings. The van der Waals surface area contributed by atoms with Gasteiger partial charge in [0.05, 0.1) is 0 Å². The van der Waals surface area contributed by atoms with Crippen LogP contribution in [0.5, 0.6) is 0 Å². The molecule has 0 unspecified atom stereocenters. The minimum absolute atomic E-state index is 0.0499. The lowest BCUT2D eigenvalue weighted by Crippen LogP contribution is -2.53. The number of hydrogen-bond acceptors (Lipinski definition) is 3. The zero-order valence-corrected chi connectivity index (χ0v) is 16.5. The van der Waals surface area contributed by atoms with Crippen molar-refractivity contribution in [2.24, 2.45) is 0 Å². The van der Waals surface area contributed by atoms with E-state index in [1.807, 2.05) is 30.5 Å². The normalized spacial score (nSPS) is 16.8. The topological polar surface area (TPSA) is 65.9 Å². The Balaban J connectivity index is 1.74. The molecule has 1 aromatic heterocycles. The van der Waals surface area contributed by atoms with Crippen LogP contribution in [0.1, 0.15) is 30.2 Å². The molecule has 0 saturated carbocycles. The highest BCUT2D eigenvalue weighted by Crippen LogP contribution is 2.22. The zero-order valence-electron chi connectivity index (χ0n) is 15.7. The summed E-state index contributed by atoms with van der Waals surface area (Å²) >= 11 is 0. The number of rotatable bonds is 4. The Morgan fingerprint density at radius 1 is 1.08 bits per heavy atom. The van der Waals surface area contributed by atoms with Gasteiger partial charge >= 0.3 is 0 Å². The molecule has 26 heavy (non-hydrogen) atoms. The van der Waals surface area contributed by atoms with E-state index in [0.717, 1.165) is 10.9 Å². The molecular weight excluding hydrogens is 352 g/mol. The van der Waals surface area contributed by atoms with E-state index in [0.29, 0.717) is 37.8 Å². The van der Waals surface area contributed by atoms with Crippen molar-refractivity contribution in [3.05, 3.63) is 36.0 Å². The highest BCUT2D eigenvalue weighted by Gasteiger charge is 2.30. The Bertz CT molecular complexity index is 910. The van der Waals surface area contributed by atoms with Gasteiger partial charge in [-0.1, -0.05) is 0 Å². The molecule has 0 spiro atoms. The van der Waals surface area contributed by atoms with Crippen LogP contribution < -0.4 is 0 Å². The predicted octanol–water partition coefficient (Wildman–Crippen LogP) is 1.79. The van der Waals surface area contributed by atoms with Gasteiger partial charge in [-0.3, -0.25) is 4.79 Å². The highest BCUT2D eigenvalue weighted by atomic mass is 32.2. The maximum atomic E-state index is 12.8. The number of fused-ring (bicyclic) bond motifs is 1. The van der Waals surface area contributed by atoms with Crippen LogP contribution in [0.2, 0.25) is 0 Å². The second-order valence-corrected chi connectivity index (χ2v) is 9.21. The van der Waals surface area contributed by atoms with Gasteiger partial charge in [0.25, 0.3) is 16.1 Å². The summed E-state index contributed by atoms with van der Waals surface area (Å²) < 4.78 is 29.2. The van der Waals surface area contributed by atoms with Crippen molar-refractivity contribution in [3.8, 4) is 0 Å². The molecule has 0 atom stereocenters. The van der Waals surface area contributed by atoms with Crippen LogP contribution in [0, 0.1) is 0 Å². The van der Waals surface area contributed by atoms with E-state index in [4.69, 9.17) is 0 Å². The minimum Gasteiger partial charge on any atom is -0.345 e. The van der Waals surface area contributed by atoms with Gasteiger partial charge in [-0.15, -0.1) is 0 Å². The number of nitrogens with zero attached hydrogens (tertiary/aromatic N) is 4. The Hall–Kier alpha value is -1.90. The summed E-state index contributed by atoms with van der Waals surface area (Å²) in [6, 6.07) is 8.13. The monoisotopic (exact) mass is 378 g/mol. The van der Waals surface area contributed by atoms with E-state index in [1.54, 1.807) is 4.90 Å². The molecule has 0 aliphatic carbocycles. The van der Waals surface area contributed by atoms with Gasteiger partial charge in [-0.2, -0.15) is 17.0 Å².